The number of carbonyl (C=O) groups is 1. The van der Waals surface area contributed by atoms with Gasteiger partial charge in [-0.3, -0.25) is 4.79 Å². The molecule has 3 aromatic rings. The van der Waals surface area contributed by atoms with Gasteiger partial charge >= 0.3 is 0 Å². The lowest BCUT2D eigenvalue weighted by molar-refractivity contribution is 0.0950. The number of amides is 1. The zero-order chi connectivity index (χ0) is 22.8. The third kappa shape index (κ3) is 4.59. The maximum atomic E-state index is 13.0. The first kappa shape index (κ1) is 21.9. The SMILES string of the molecule is C[C@H](CN1CCCC1)N1c2ccccc2Sc2ccc(C(=O)NCc3ccccc3O)cc21. The van der Waals surface area contributed by atoms with E-state index in [-0.39, 0.29) is 24.2 Å². The van der Waals surface area contributed by atoms with E-state index in [2.05, 4.69) is 52.4 Å². The average Bonchev–Trinajstić information content (AvgIpc) is 3.34. The number of nitrogens with one attached hydrogen (secondary N) is 1. The number of phenols is 1. The summed E-state index contributed by atoms with van der Waals surface area (Å²) < 4.78 is 0. The largest absolute Gasteiger partial charge is 0.508 e. The highest BCUT2D eigenvalue weighted by atomic mass is 32.2. The van der Waals surface area contributed by atoms with E-state index >= 15 is 0 Å². The Kier molecular flexibility index (Phi) is 6.29. The highest BCUT2D eigenvalue weighted by molar-refractivity contribution is 7.99. The molecule has 170 valence electrons. The molecule has 5 nitrogen and oxygen atoms in total. The number of hydrogen-bond acceptors (Lipinski definition) is 5. The van der Waals surface area contributed by atoms with Gasteiger partial charge in [0.25, 0.3) is 5.91 Å². The molecular formula is C27H29N3O2S. The Balaban J connectivity index is 1.42. The summed E-state index contributed by atoms with van der Waals surface area (Å²) in [5, 5.41) is 12.9. The van der Waals surface area contributed by atoms with Crippen LogP contribution in [-0.2, 0) is 6.54 Å². The topological polar surface area (TPSA) is 55.8 Å². The fourth-order valence-corrected chi connectivity index (χ4v) is 5.81. The Morgan fingerprint density at radius 1 is 1.00 bits per heavy atom. The van der Waals surface area contributed by atoms with Gasteiger partial charge in [0.1, 0.15) is 5.75 Å². The van der Waals surface area contributed by atoms with Gasteiger partial charge in [-0.25, -0.2) is 0 Å². The maximum absolute atomic E-state index is 13.0. The molecule has 5 rings (SSSR count). The molecule has 1 amide bonds. The molecule has 0 saturated carbocycles. The van der Waals surface area contributed by atoms with Crippen LogP contribution < -0.4 is 10.2 Å². The maximum Gasteiger partial charge on any atom is 0.251 e. The molecule has 0 aromatic heterocycles. The minimum atomic E-state index is -0.142. The van der Waals surface area contributed by atoms with Gasteiger partial charge in [-0.15, -0.1) is 0 Å². The normalized spacial score (nSPS) is 16.2. The van der Waals surface area contributed by atoms with Gasteiger partial charge in [-0.2, -0.15) is 0 Å². The summed E-state index contributed by atoms with van der Waals surface area (Å²) in [6.07, 6.45) is 2.55. The third-order valence-electron chi connectivity index (χ3n) is 6.42. The predicted octanol–water partition coefficient (Wildman–Crippen LogP) is 5.41. The van der Waals surface area contributed by atoms with Crippen LogP contribution in [0.15, 0.2) is 76.5 Å². The number of fused-ring (bicyclic) bond motifs is 2. The summed E-state index contributed by atoms with van der Waals surface area (Å²) >= 11 is 1.76. The van der Waals surface area contributed by atoms with Crippen molar-refractivity contribution in [3.63, 3.8) is 0 Å². The Bertz CT molecular complexity index is 1160. The van der Waals surface area contributed by atoms with E-state index in [1.54, 1.807) is 23.9 Å². The molecule has 0 unspecified atom stereocenters. The third-order valence-corrected chi connectivity index (χ3v) is 7.55. The average molecular weight is 460 g/mol. The van der Waals surface area contributed by atoms with Crippen LogP contribution in [0.4, 0.5) is 11.4 Å². The van der Waals surface area contributed by atoms with Crippen molar-refractivity contribution in [3.05, 3.63) is 77.9 Å². The van der Waals surface area contributed by atoms with Crippen LogP contribution in [0.3, 0.4) is 0 Å². The van der Waals surface area contributed by atoms with Crippen LogP contribution in [0, 0.1) is 0 Å². The van der Waals surface area contributed by atoms with Crippen molar-refractivity contribution in [3.8, 4) is 5.75 Å². The monoisotopic (exact) mass is 459 g/mol. The lowest BCUT2D eigenvalue weighted by Crippen LogP contribution is -2.40. The van der Waals surface area contributed by atoms with Crippen LogP contribution >= 0.6 is 11.8 Å². The minimum Gasteiger partial charge on any atom is -0.508 e. The van der Waals surface area contributed by atoms with Crippen molar-refractivity contribution < 1.29 is 9.90 Å². The van der Waals surface area contributed by atoms with Crippen LogP contribution in [0.5, 0.6) is 5.75 Å². The van der Waals surface area contributed by atoms with Crippen LogP contribution in [0.1, 0.15) is 35.7 Å². The Hall–Kier alpha value is -2.96. The van der Waals surface area contributed by atoms with Crippen molar-refractivity contribution >= 4 is 29.0 Å². The van der Waals surface area contributed by atoms with Crippen LogP contribution in [0.25, 0.3) is 0 Å². The van der Waals surface area contributed by atoms with Crippen molar-refractivity contribution in [1.29, 1.82) is 0 Å². The lowest BCUT2D eigenvalue weighted by atomic mass is 10.1. The molecule has 2 aliphatic rings. The number of hydrogen-bond donors (Lipinski definition) is 2. The van der Waals surface area contributed by atoms with Crippen molar-refractivity contribution in [1.82, 2.24) is 10.2 Å². The summed E-state index contributed by atoms with van der Waals surface area (Å²) in [4.78, 5) is 20.3. The highest BCUT2D eigenvalue weighted by Gasteiger charge is 2.29. The highest BCUT2D eigenvalue weighted by Crippen LogP contribution is 2.49. The lowest BCUT2D eigenvalue weighted by Gasteiger charge is -2.39. The molecule has 33 heavy (non-hydrogen) atoms. The Morgan fingerprint density at radius 3 is 2.55 bits per heavy atom. The van der Waals surface area contributed by atoms with E-state index in [1.165, 1.54) is 28.3 Å². The van der Waals surface area contributed by atoms with Gasteiger partial charge in [-0.1, -0.05) is 42.1 Å². The summed E-state index contributed by atoms with van der Waals surface area (Å²) in [5.41, 5.74) is 3.62. The molecule has 1 atom stereocenters. The van der Waals surface area contributed by atoms with E-state index in [9.17, 15) is 9.90 Å². The van der Waals surface area contributed by atoms with Gasteiger partial charge in [0.05, 0.1) is 11.4 Å². The van der Waals surface area contributed by atoms with E-state index in [4.69, 9.17) is 0 Å². The van der Waals surface area contributed by atoms with Gasteiger partial charge in [0, 0.05) is 40.0 Å². The van der Waals surface area contributed by atoms with Crippen molar-refractivity contribution in [2.75, 3.05) is 24.5 Å². The molecule has 6 heteroatoms. The quantitative estimate of drug-likeness (QED) is 0.516. The molecule has 3 aromatic carbocycles. The first-order valence-electron chi connectivity index (χ1n) is 11.6. The van der Waals surface area contributed by atoms with Crippen molar-refractivity contribution in [2.24, 2.45) is 0 Å². The Labute approximate surface area is 199 Å². The summed E-state index contributed by atoms with van der Waals surface area (Å²) in [6.45, 7) is 5.89. The fourth-order valence-electron chi connectivity index (χ4n) is 4.76. The number of nitrogens with zero attached hydrogens (tertiary/aromatic N) is 2. The molecule has 0 radical (unpaired) electrons. The Morgan fingerprint density at radius 2 is 1.73 bits per heavy atom. The van der Waals surface area contributed by atoms with Gasteiger partial charge in [0.15, 0.2) is 0 Å². The van der Waals surface area contributed by atoms with Gasteiger partial charge in [-0.05, 0) is 69.3 Å². The van der Waals surface area contributed by atoms with Crippen LogP contribution in [-0.4, -0.2) is 41.6 Å². The standard InChI is InChI=1S/C27H29N3O2S/c1-19(18-29-14-6-7-15-29)30-22-9-3-5-11-25(22)33-26-13-12-20(16-23(26)30)27(32)28-17-21-8-2-4-10-24(21)31/h2-5,8-13,16,19,31H,6-7,14-15,17-18H2,1H3,(H,28,32)/t19-/m1/s1. The van der Waals surface area contributed by atoms with Gasteiger partial charge < -0.3 is 20.2 Å². The van der Waals surface area contributed by atoms with E-state index in [0.717, 1.165) is 25.3 Å². The second kappa shape index (κ2) is 9.49. The molecule has 2 aliphatic heterocycles. The molecular weight excluding hydrogens is 430 g/mol. The number of carbonyl (C=O) groups excluding carboxylic acids is 1. The second-order valence-corrected chi connectivity index (χ2v) is 9.87. The fraction of sp³-hybridized carbons (Fsp3) is 0.296. The molecule has 2 N–H and O–H groups in total. The van der Waals surface area contributed by atoms with E-state index in [1.807, 2.05) is 24.3 Å². The smallest absolute Gasteiger partial charge is 0.251 e. The predicted molar refractivity (Wildman–Crippen MR) is 134 cm³/mol. The summed E-state index contributed by atoms with van der Waals surface area (Å²) in [7, 11) is 0. The summed E-state index contributed by atoms with van der Waals surface area (Å²) in [6, 6.07) is 21.8. The minimum absolute atomic E-state index is 0.142. The second-order valence-electron chi connectivity index (χ2n) is 8.79. The zero-order valence-electron chi connectivity index (χ0n) is 18.8. The molecule has 0 aliphatic carbocycles. The van der Waals surface area contributed by atoms with Crippen molar-refractivity contribution in [2.45, 2.75) is 42.1 Å². The first-order chi connectivity index (χ1) is 16.1. The number of phenolic OH excluding ortho intramolecular Hbond substituents is 1. The molecule has 1 saturated heterocycles. The zero-order valence-corrected chi connectivity index (χ0v) is 19.6. The van der Waals surface area contributed by atoms with E-state index < -0.39 is 0 Å². The number of aromatic hydroxyl groups is 1. The molecule has 0 bridgehead atoms. The number of rotatable bonds is 6. The number of anilines is 2. The number of likely N-dealkylation sites (tertiary alicyclic amines) is 1. The first-order valence-corrected chi connectivity index (χ1v) is 12.4. The number of para-hydroxylation sites is 2. The molecule has 2 heterocycles. The van der Waals surface area contributed by atoms with Crippen LogP contribution in [0.2, 0.25) is 0 Å². The van der Waals surface area contributed by atoms with E-state index in [0.29, 0.717) is 11.1 Å². The molecule has 0 spiro atoms. The summed E-state index contributed by atoms with van der Waals surface area (Å²) in [5.74, 6) is 0.0511. The molecule has 1 fully saturated rings. The number of benzene rings is 3. The van der Waals surface area contributed by atoms with Gasteiger partial charge in [0.2, 0.25) is 0 Å².